The zero-order valence-electron chi connectivity index (χ0n) is 10.9. The molecule has 0 radical (unpaired) electrons. The number of nitrogens with two attached hydrogens (primary N) is 1. The van der Waals surface area contributed by atoms with Crippen molar-refractivity contribution in [1.29, 1.82) is 5.26 Å². The van der Waals surface area contributed by atoms with Crippen molar-refractivity contribution in [1.82, 2.24) is 0 Å². The first-order valence-corrected chi connectivity index (χ1v) is 7.11. The monoisotopic (exact) mass is 271 g/mol. The van der Waals surface area contributed by atoms with Crippen molar-refractivity contribution in [3.63, 3.8) is 0 Å². The molecule has 0 amide bonds. The number of nitrogen functional groups attached to an aromatic ring is 1. The molecule has 2 aromatic rings. The quantitative estimate of drug-likeness (QED) is 0.819. The fourth-order valence-electron chi connectivity index (χ4n) is 2.00. The standard InChI is InChI=1S/C15H17N3S/c1-11(9-14-3-2-8-19-14)18-13-4-5-15(17)12(10-13)6-7-16/h2-5,8,10-11,18H,6,9,17H2,1H3. The lowest BCUT2D eigenvalue weighted by Crippen LogP contribution is -2.17. The molecule has 2 rings (SSSR count). The van der Waals surface area contributed by atoms with Crippen molar-refractivity contribution in [3.8, 4) is 6.07 Å². The van der Waals surface area contributed by atoms with E-state index in [0.717, 1.165) is 17.7 Å². The average molecular weight is 271 g/mol. The maximum Gasteiger partial charge on any atom is 0.0670 e. The van der Waals surface area contributed by atoms with Crippen LogP contribution in [-0.4, -0.2) is 6.04 Å². The minimum Gasteiger partial charge on any atom is -0.398 e. The van der Waals surface area contributed by atoms with Crippen molar-refractivity contribution in [2.75, 3.05) is 11.1 Å². The van der Waals surface area contributed by atoms with Gasteiger partial charge in [-0.1, -0.05) is 6.07 Å². The molecule has 0 saturated heterocycles. The molecular formula is C15H17N3S. The molecule has 0 aliphatic heterocycles. The van der Waals surface area contributed by atoms with Crippen LogP contribution in [-0.2, 0) is 12.8 Å². The van der Waals surface area contributed by atoms with Gasteiger partial charge in [-0.2, -0.15) is 5.26 Å². The third-order valence-electron chi connectivity index (χ3n) is 2.91. The summed E-state index contributed by atoms with van der Waals surface area (Å²) < 4.78 is 0. The molecule has 0 aliphatic rings. The molecule has 0 saturated carbocycles. The van der Waals surface area contributed by atoms with E-state index in [-0.39, 0.29) is 0 Å². The molecule has 0 bridgehead atoms. The van der Waals surface area contributed by atoms with E-state index in [0.29, 0.717) is 18.2 Å². The molecule has 0 aliphatic carbocycles. The van der Waals surface area contributed by atoms with E-state index in [1.54, 1.807) is 11.3 Å². The number of benzene rings is 1. The number of hydrogen-bond donors (Lipinski definition) is 2. The summed E-state index contributed by atoms with van der Waals surface area (Å²) in [5, 5.41) is 14.3. The van der Waals surface area contributed by atoms with Crippen LogP contribution in [0.5, 0.6) is 0 Å². The summed E-state index contributed by atoms with van der Waals surface area (Å²) >= 11 is 1.77. The number of anilines is 2. The van der Waals surface area contributed by atoms with Crippen molar-refractivity contribution < 1.29 is 0 Å². The summed E-state index contributed by atoms with van der Waals surface area (Å²) in [7, 11) is 0. The fourth-order valence-corrected chi connectivity index (χ4v) is 2.84. The predicted molar refractivity (Wildman–Crippen MR) is 81.3 cm³/mol. The molecule has 1 unspecified atom stereocenters. The van der Waals surface area contributed by atoms with Gasteiger partial charge in [0.15, 0.2) is 0 Å². The zero-order chi connectivity index (χ0) is 13.7. The van der Waals surface area contributed by atoms with Gasteiger partial charge in [-0.3, -0.25) is 0 Å². The minimum absolute atomic E-state index is 0.345. The molecule has 0 fully saturated rings. The third kappa shape index (κ3) is 3.73. The van der Waals surface area contributed by atoms with Gasteiger partial charge in [0.25, 0.3) is 0 Å². The maximum absolute atomic E-state index is 8.76. The van der Waals surface area contributed by atoms with E-state index in [4.69, 9.17) is 11.0 Å². The number of nitrogens with one attached hydrogen (secondary N) is 1. The van der Waals surface area contributed by atoms with E-state index >= 15 is 0 Å². The Morgan fingerprint density at radius 3 is 2.95 bits per heavy atom. The smallest absolute Gasteiger partial charge is 0.0670 e. The fraction of sp³-hybridized carbons (Fsp3) is 0.267. The van der Waals surface area contributed by atoms with Crippen molar-refractivity contribution in [3.05, 3.63) is 46.2 Å². The van der Waals surface area contributed by atoms with E-state index in [2.05, 4.69) is 35.8 Å². The highest BCUT2D eigenvalue weighted by Gasteiger charge is 2.06. The second-order valence-electron chi connectivity index (χ2n) is 4.58. The topological polar surface area (TPSA) is 61.8 Å². The Labute approximate surface area is 117 Å². The molecule has 3 nitrogen and oxygen atoms in total. The Hall–Kier alpha value is -1.99. The van der Waals surface area contributed by atoms with Gasteiger partial charge in [-0.25, -0.2) is 0 Å². The molecule has 98 valence electrons. The van der Waals surface area contributed by atoms with Crippen LogP contribution in [0, 0.1) is 11.3 Å². The third-order valence-corrected chi connectivity index (χ3v) is 3.81. The molecular weight excluding hydrogens is 254 g/mol. The van der Waals surface area contributed by atoms with Crippen molar-refractivity contribution >= 4 is 22.7 Å². The first-order valence-electron chi connectivity index (χ1n) is 6.23. The normalized spacial score (nSPS) is 11.8. The number of thiophene rings is 1. The highest BCUT2D eigenvalue weighted by atomic mass is 32.1. The maximum atomic E-state index is 8.76. The van der Waals surface area contributed by atoms with Crippen LogP contribution in [0.2, 0.25) is 0 Å². The summed E-state index contributed by atoms with van der Waals surface area (Å²) in [5.41, 5.74) is 8.42. The van der Waals surface area contributed by atoms with Crippen molar-refractivity contribution in [2.45, 2.75) is 25.8 Å². The van der Waals surface area contributed by atoms with E-state index < -0.39 is 0 Å². The van der Waals surface area contributed by atoms with Crippen LogP contribution in [0.4, 0.5) is 11.4 Å². The van der Waals surface area contributed by atoms with Gasteiger partial charge in [-0.05, 0) is 42.1 Å². The van der Waals surface area contributed by atoms with Gasteiger partial charge in [0.2, 0.25) is 0 Å². The zero-order valence-corrected chi connectivity index (χ0v) is 11.7. The first-order chi connectivity index (χ1) is 9.19. The van der Waals surface area contributed by atoms with Gasteiger partial charge >= 0.3 is 0 Å². The molecule has 3 N–H and O–H groups in total. The van der Waals surface area contributed by atoms with Gasteiger partial charge in [0, 0.05) is 28.7 Å². The Kier molecular flexibility index (Phi) is 4.43. The Bertz CT molecular complexity index is 570. The highest BCUT2D eigenvalue weighted by Crippen LogP contribution is 2.20. The summed E-state index contributed by atoms with van der Waals surface area (Å²) in [6.07, 6.45) is 1.34. The van der Waals surface area contributed by atoms with Crippen LogP contribution >= 0.6 is 11.3 Å². The Morgan fingerprint density at radius 2 is 2.26 bits per heavy atom. The number of nitrogens with zero attached hydrogens (tertiary/aromatic N) is 1. The van der Waals surface area contributed by atoms with E-state index in [1.165, 1.54) is 4.88 Å². The predicted octanol–water partition coefficient (Wildman–Crippen LogP) is 3.44. The van der Waals surface area contributed by atoms with Gasteiger partial charge in [0.1, 0.15) is 0 Å². The number of nitriles is 1. The van der Waals surface area contributed by atoms with Gasteiger partial charge in [-0.15, -0.1) is 11.3 Å². The van der Waals surface area contributed by atoms with Crippen molar-refractivity contribution in [2.24, 2.45) is 0 Å². The molecule has 0 spiro atoms. The lowest BCUT2D eigenvalue weighted by Gasteiger charge is -2.15. The second kappa shape index (κ2) is 6.26. The summed E-state index contributed by atoms with van der Waals surface area (Å²) in [5.74, 6) is 0. The molecule has 1 atom stereocenters. The molecule has 19 heavy (non-hydrogen) atoms. The summed E-state index contributed by atoms with van der Waals surface area (Å²) in [6.45, 7) is 2.15. The largest absolute Gasteiger partial charge is 0.398 e. The number of rotatable bonds is 5. The lowest BCUT2D eigenvalue weighted by molar-refractivity contribution is 0.800. The van der Waals surface area contributed by atoms with Crippen LogP contribution < -0.4 is 11.1 Å². The van der Waals surface area contributed by atoms with Gasteiger partial charge in [0.05, 0.1) is 12.5 Å². The van der Waals surface area contributed by atoms with E-state index in [9.17, 15) is 0 Å². The first kappa shape index (κ1) is 13.4. The van der Waals surface area contributed by atoms with E-state index in [1.807, 2.05) is 18.2 Å². The molecule has 1 aromatic heterocycles. The van der Waals surface area contributed by atoms with Crippen LogP contribution in [0.1, 0.15) is 17.4 Å². The molecule has 1 aromatic carbocycles. The summed E-state index contributed by atoms with van der Waals surface area (Å²) in [6, 6.07) is 12.5. The Balaban J connectivity index is 2.02. The minimum atomic E-state index is 0.345. The number of hydrogen-bond acceptors (Lipinski definition) is 4. The highest BCUT2D eigenvalue weighted by molar-refractivity contribution is 7.09. The average Bonchev–Trinajstić information content (AvgIpc) is 2.86. The molecule has 1 heterocycles. The van der Waals surface area contributed by atoms with Crippen LogP contribution in [0.3, 0.4) is 0 Å². The van der Waals surface area contributed by atoms with Gasteiger partial charge < -0.3 is 11.1 Å². The second-order valence-corrected chi connectivity index (χ2v) is 5.61. The Morgan fingerprint density at radius 1 is 1.42 bits per heavy atom. The van der Waals surface area contributed by atoms with Crippen LogP contribution in [0.15, 0.2) is 35.7 Å². The van der Waals surface area contributed by atoms with Crippen LogP contribution in [0.25, 0.3) is 0 Å². The lowest BCUT2D eigenvalue weighted by atomic mass is 10.1. The summed E-state index contributed by atoms with van der Waals surface area (Å²) in [4.78, 5) is 1.37. The SMILES string of the molecule is CC(Cc1cccs1)Nc1ccc(N)c(CC#N)c1. The molecule has 4 heteroatoms.